The summed E-state index contributed by atoms with van der Waals surface area (Å²) >= 11 is 0. The van der Waals surface area contributed by atoms with Crippen LogP contribution in [0, 0.1) is 0 Å². The first-order valence-electron chi connectivity index (χ1n) is 10.7. The Balaban J connectivity index is 2.14. The Morgan fingerprint density at radius 3 is 2.55 bits per heavy atom. The second-order valence-corrected chi connectivity index (χ2v) is 11.6. The first-order valence-corrected chi connectivity index (χ1v) is 12.2. The van der Waals surface area contributed by atoms with E-state index in [2.05, 4.69) is 11.9 Å². The Morgan fingerprint density at radius 2 is 1.94 bits per heavy atom. The van der Waals surface area contributed by atoms with Crippen molar-refractivity contribution in [1.82, 2.24) is 9.29 Å². The fraction of sp³-hybridized carbons (Fsp3) is 0.400. The summed E-state index contributed by atoms with van der Waals surface area (Å²) in [5, 5.41) is 3.43. The van der Waals surface area contributed by atoms with Crippen LogP contribution in [-0.2, 0) is 26.0 Å². The van der Waals surface area contributed by atoms with Crippen LogP contribution >= 0.6 is 0 Å². The van der Waals surface area contributed by atoms with Crippen molar-refractivity contribution in [3.8, 4) is 0 Å². The van der Waals surface area contributed by atoms with Crippen molar-refractivity contribution >= 4 is 27.0 Å². The summed E-state index contributed by atoms with van der Waals surface area (Å²) in [6, 6.07) is 8.99. The summed E-state index contributed by atoms with van der Waals surface area (Å²) in [6.45, 7) is 12.7. The molecule has 3 rings (SSSR count). The maximum absolute atomic E-state index is 14.3. The number of nitrogens with one attached hydrogen (secondary N) is 1. The lowest BCUT2D eigenvalue weighted by Crippen LogP contribution is -2.44. The molecule has 0 radical (unpaired) electrons. The van der Waals surface area contributed by atoms with E-state index in [1.165, 1.54) is 11.1 Å². The van der Waals surface area contributed by atoms with Gasteiger partial charge in [0.15, 0.2) is 0 Å². The summed E-state index contributed by atoms with van der Waals surface area (Å²) in [5.74, 6) is 0.348. The van der Waals surface area contributed by atoms with E-state index in [0.717, 1.165) is 5.39 Å². The van der Waals surface area contributed by atoms with Gasteiger partial charge in [-0.2, -0.15) is 0 Å². The standard InChI is InChI=1S/C25H32N2O5S/c1-17(2)20-12-10-14-25(6,22(20)31-7)33(29,30)27-19(15-18-11-8-9-13-21(18)27)16-26-23(28)32-24(3,4)5/h8-13,15H,1,14,16H2,2-7H3,(H,26,28). The van der Waals surface area contributed by atoms with Gasteiger partial charge >= 0.3 is 6.09 Å². The van der Waals surface area contributed by atoms with E-state index in [-0.39, 0.29) is 13.0 Å². The molecule has 178 valence electrons. The van der Waals surface area contributed by atoms with E-state index < -0.39 is 26.5 Å². The van der Waals surface area contributed by atoms with Crippen LogP contribution in [0.4, 0.5) is 4.79 Å². The molecule has 1 aliphatic rings. The van der Waals surface area contributed by atoms with Crippen LogP contribution < -0.4 is 5.32 Å². The summed E-state index contributed by atoms with van der Waals surface area (Å²) < 4.78 is 39.4. The average Bonchev–Trinajstić information content (AvgIpc) is 3.09. The number of benzene rings is 1. The molecule has 0 aliphatic heterocycles. The highest BCUT2D eigenvalue weighted by atomic mass is 32.2. The largest absolute Gasteiger partial charge is 0.499 e. The van der Waals surface area contributed by atoms with Gasteiger partial charge in [0.05, 0.1) is 24.9 Å². The highest BCUT2D eigenvalue weighted by Crippen LogP contribution is 2.41. The van der Waals surface area contributed by atoms with Crippen LogP contribution in [0.3, 0.4) is 0 Å². The monoisotopic (exact) mass is 472 g/mol. The maximum atomic E-state index is 14.3. The normalized spacial score (nSPS) is 19.0. The van der Waals surface area contributed by atoms with Crippen molar-refractivity contribution in [2.24, 2.45) is 0 Å². The zero-order valence-corrected chi connectivity index (χ0v) is 20.9. The average molecular weight is 473 g/mol. The third kappa shape index (κ3) is 4.57. The minimum atomic E-state index is -4.04. The molecule has 0 saturated carbocycles. The topological polar surface area (TPSA) is 86.6 Å². The molecule has 1 aliphatic carbocycles. The number of hydrogen-bond donors (Lipinski definition) is 1. The van der Waals surface area contributed by atoms with E-state index in [1.807, 2.05) is 31.2 Å². The molecule has 33 heavy (non-hydrogen) atoms. The summed E-state index contributed by atoms with van der Waals surface area (Å²) in [7, 11) is -2.56. The van der Waals surface area contributed by atoms with Gasteiger partial charge in [0.25, 0.3) is 10.0 Å². The second-order valence-electron chi connectivity index (χ2n) is 9.38. The Labute approximate surface area is 195 Å². The number of allylic oxidation sites excluding steroid dienone is 4. The van der Waals surface area contributed by atoms with E-state index in [9.17, 15) is 13.2 Å². The third-order valence-electron chi connectivity index (χ3n) is 5.54. The molecule has 1 unspecified atom stereocenters. The number of amides is 1. The minimum absolute atomic E-state index is 0.0197. The van der Waals surface area contributed by atoms with Crippen LogP contribution in [0.2, 0.25) is 0 Å². The zero-order valence-electron chi connectivity index (χ0n) is 20.1. The minimum Gasteiger partial charge on any atom is -0.499 e. The van der Waals surface area contributed by atoms with Gasteiger partial charge < -0.3 is 14.8 Å². The van der Waals surface area contributed by atoms with Gasteiger partial charge in [-0.15, -0.1) is 0 Å². The van der Waals surface area contributed by atoms with Crippen LogP contribution in [0.5, 0.6) is 0 Å². The molecule has 0 fully saturated rings. The summed E-state index contributed by atoms with van der Waals surface area (Å²) in [4.78, 5) is 12.3. The lowest BCUT2D eigenvalue weighted by Gasteiger charge is -2.35. The third-order valence-corrected chi connectivity index (χ3v) is 7.94. The fourth-order valence-electron chi connectivity index (χ4n) is 4.01. The number of nitrogens with zero attached hydrogens (tertiary/aromatic N) is 1. The molecule has 1 aromatic carbocycles. The molecule has 8 heteroatoms. The van der Waals surface area contributed by atoms with Gasteiger partial charge in [0.2, 0.25) is 0 Å². The predicted molar refractivity (Wildman–Crippen MR) is 130 cm³/mol. The lowest BCUT2D eigenvalue weighted by atomic mass is 9.91. The number of carbonyl (C=O) groups excluding carboxylic acids is 1. The van der Waals surface area contributed by atoms with Gasteiger partial charge in [-0.25, -0.2) is 17.2 Å². The smallest absolute Gasteiger partial charge is 0.407 e. The van der Waals surface area contributed by atoms with Gasteiger partial charge in [0, 0.05) is 11.0 Å². The molecule has 7 nitrogen and oxygen atoms in total. The van der Waals surface area contributed by atoms with E-state index in [0.29, 0.717) is 28.1 Å². The number of alkyl carbamates (subject to hydrolysis) is 1. The maximum Gasteiger partial charge on any atom is 0.407 e. The molecule has 1 aromatic heterocycles. The molecule has 0 saturated heterocycles. The Kier molecular flexibility index (Phi) is 6.53. The number of carbonyl (C=O) groups is 1. The number of hydrogen-bond acceptors (Lipinski definition) is 5. The van der Waals surface area contributed by atoms with Crippen LogP contribution in [-0.4, -0.2) is 35.9 Å². The highest BCUT2D eigenvalue weighted by Gasteiger charge is 2.48. The van der Waals surface area contributed by atoms with Crippen LogP contribution in [0.1, 0.15) is 46.7 Å². The number of para-hydroxylation sites is 1. The zero-order chi connectivity index (χ0) is 24.6. The Morgan fingerprint density at radius 1 is 1.27 bits per heavy atom. The molecule has 1 atom stereocenters. The van der Waals surface area contributed by atoms with Gasteiger partial charge in [-0.3, -0.25) is 0 Å². The molecule has 0 bridgehead atoms. The Hall–Kier alpha value is -3.00. The van der Waals surface area contributed by atoms with Gasteiger partial charge in [0.1, 0.15) is 16.1 Å². The van der Waals surface area contributed by atoms with Crippen molar-refractivity contribution in [2.75, 3.05) is 7.11 Å². The van der Waals surface area contributed by atoms with Crippen molar-refractivity contribution in [1.29, 1.82) is 0 Å². The van der Waals surface area contributed by atoms with Crippen molar-refractivity contribution in [2.45, 2.75) is 57.9 Å². The number of fused-ring (bicyclic) bond motifs is 1. The van der Waals surface area contributed by atoms with Gasteiger partial charge in [-0.05, 0) is 58.7 Å². The first-order chi connectivity index (χ1) is 15.3. The highest BCUT2D eigenvalue weighted by molar-refractivity contribution is 7.91. The number of rotatable bonds is 6. The predicted octanol–water partition coefficient (Wildman–Crippen LogP) is 5.04. The summed E-state index contributed by atoms with van der Waals surface area (Å²) in [5.41, 5.74) is 1.67. The molecule has 0 spiro atoms. The van der Waals surface area contributed by atoms with Crippen molar-refractivity contribution < 1.29 is 22.7 Å². The van der Waals surface area contributed by atoms with Crippen LogP contribution in [0.15, 0.2) is 66.0 Å². The first kappa shape index (κ1) is 24.6. The summed E-state index contributed by atoms with van der Waals surface area (Å²) in [6.07, 6.45) is 3.29. The molecular weight excluding hydrogens is 440 g/mol. The molecule has 1 amide bonds. The lowest BCUT2D eigenvalue weighted by molar-refractivity contribution is 0.0522. The van der Waals surface area contributed by atoms with E-state index in [1.54, 1.807) is 45.9 Å². The molecular formula is C25H32N2O5S. The van der Waals surface area contributed by atoms with E-state index in [4.69, 9.17) is 9.47 Å². The number of aromatic nitrogens is 1. The molecule has 2 aromatic rings. The van der Waals surface area contributed by atoms with Crippen molar-refractivity contribution in [3.63, 3.8) is 0 Å². The number of methoxy groups -OCH3 is 1. The Bertz CT molecular complexity index is 1260. The quantitative estimate of drug-likeness (QED) is 0.637. The number of ether oxygens (including phenoxy) is 2. The fourth-order valence-corrected chi connectivity index (χ4v) is 6.00. The molecule has 1 N–H and O–H groups in total. The van der Waals surface area contributed by atoms with Gasteiger partial charge in [-0.1, -0.05) is 36.9 Å². The van der Waals surface area contributed by atoms with Crippen molar-refractivity contribution in [3.05, 3.63) is 71.7 Å². The van der Waals surface area contributed by atoms with E-state index >= 15 is 0 Å². The van der Waals surface area contributed by atoms with Crippen LogP contribution in [0.25, 0.3) is 10.9 Å². The molecule has 1 heterocycles. The SMILES string of the molecule is C=C(C)C1=C(OC)C(C)(S(=O)(=O)n2c(CNC(=O)OC(C)(C)C)cc3ccccc32)CC=C1. The second kappa shape index (κ2) is 8.74.